The highest BCUT2D eigenvalue weighted by Gasteiger charge is 2.22. The summed E-state index contributed by atoms with van der Waals surface area (Å²) in [5.41, 5.74) is 2.23. The molecule has 1 aromatic carbocycles. The molecule has 110 valence electrons. The van der Waals surface area contributed by atoms with Crippen LogP contribution in [0.25, 0.3) is 22.4 Å². The van der Waals surface area contributed by atoms with Crippen molar-refractivity contribution < 1.29 is 9.21 Å². The first-order chi connectivity index (χ1) is 10.8. The Morgan fingerprint density at radius 3 is 2.68 bits per heavy atom. The average molecular weight is 292 g/mol. The number of furan rings is 1. The van der Waals surface area contributed by atoms with Gasteiger partial charge in [-0.05, 0) is 37.1 Å². The molecule has 4 heteroatoms. The average Bonchev–Trinajstić information content (AvgIpc) is 3.26. The Balaban J connectivity index is 1.89. The van der Waals surface area contributed by atoms with Crippen LogP contribution < -0.4 is 0 Å². The molecule has 22 heavy (non-hydrogen) atoms. The fourth-order valence-corrected chi connectivity index (χ4v) is 2.99. The highest BCUT2D eigenvalue weighted by atomic mass is 16.3. The summed E-state index contributed by atoms with van der Waals surface area (Å²) >= 11 is 0. The SMILES string of the molecule is O=C(c1cc(-c2ccco2)nc2ccccc12)N1CCCC1. The number of nitrogens with zero attached hydrogens (tertiary/aromatic N) is 2. The molecule has 0 bridgehead atoms. The third-order valence-electron chi connectivity index (χ3n) is 4.11. The van der Waals surface area contributed by atoms with Crippen molar-refractivity contribution in [1.29, 1.82) is 0 Å². The number of fused-ring (bicyclic) bond motifs is 1. The number of aromatic nitrogens is 1. The summed E-state index contributed by atoms with van der Waals surface area (Å²) in [6.07, 6.45) is 3.79. The number of carbonyl (C=O) groups excluding carboxylic acids is 1. The fourth-order valence-electron chi connectivity index (χ4n) is 2.99. The second-order valence-electron chi connectivity index (χ2n) is 5.55. The molecule has 2 aromatic heterocycles. The molecule has 1 aliphatic heterocycles. The third kappa shape index (κ3) is 2.17. The smallest absolute Gasteiger partial charge is 0.254 e. The molecule has 3 heterocycles. The second kappa shape index (κ2) is 5.30. The molecule has 0 spiro atoms. The van der Waals surface area contributed by atoms with Gasteiger partial charge < -0.3 is 9.32 Å². The van der Waals surface area contributed by atoms with Crippen molar-refractivity contribution in [2.45, 2.75) is 12.8 Å². The van der Waals surface area contributed by atoms with Gasteiger partial charge in [0.05, 0.1) is 17.3 Å². The van der Waals surface area contributed by atoms with Gasteiger partial charge in [-0.15, -0.1) is 0 Å². The van der Waals surface area contributed by atoms with Crippen LogP contribution in [0.15, 0.2) is 53.1 Å². The van der Waals surface area contributed by atoms with Crippen molar-refractivity contribution in [3.05, 3.63) is 54.3 Å². The maximum absolute atomic E-state index is 12.9. The lowest BCUT2D eigenvalue weighted by atomic mass is 10.1. The molecule has 3 aromatic rings. The van der Waals surface area contributed by atoms with Crippen LogP contribution in [-0.2, 0) is 0 Å². The van der Waals surface area contributed by atoms with Crippen molar-refractivity contribution in [3.63, 3.8) is 0 Å². The molecule has 0 radical (unpaired) electrons. The van der Waals surface area contributed by atoms with E-state index in [2.05, 4.69) is 4.98 Å². The summed E-state index contributed by atoms with van der Waals surface area (Å²) in [6, 6.07) is 13.3. The Morgan fingerprint density at radius 2 is 1.91 bits per heavy atom. The predicted molar refractivity (Wildman–Crippen MR) is 84.6 cm³/mol. The molecule has 1 aliphatic rings. The first-order valence-corrected chi connectivity index (χ1v) is 7.56. The van der Waals surface area contributed by atoms with Crippen LogP contribution in [0.1, 0.15) is 23.2 Å². The third-order valence-corrected chi connectivity index (χ3v) is 4.11. The molecule has 1 saturated heterocycles. The van der Waals surface area contributed by atoms with Crippen molar-refractivity contribution in [1.82, 2.24) is 9.88 Å². The van der Waals surface area contributed by atoms with E-state index in [-0.39, 0.29) is 5.91 Å². The zero-order chi connectivity index (χ0) is 14.9. The molecule has 0 N–H and O–H groups in total. The molecule has 0 saturated carbocycles. The van der Waals surface area contributed by atoms with Gasteiger partial charge in [-0.1, -0.05) is 18.2 Å². The molecule has 0 unspecified atom stereocenters. The van der Waals surface area contributed by atoms with Gasteiger partial charge in [-0.3, -0.25) is 4.79 Å². The van der Waals surface area contributed by atoms with E-state index in [1.165, 1.54) is 0 Å². The summed E-state index contributed by atoms with van der Waals surface area (Å²) in [5.74, 6) is 0.769. The molecular formula is C18H16N2O2. The molecule has 0 aliphatic carbocycles. The van der Waals surface area contributed by atoms with Gasteiger partial charge in [0.15, 0.2) is 5.76 Å². The van der Waals surface area contributed by atoms with E-state index in [0.29, 0.717) is 17.0 Å². The monoisotopic (exact) mass is 292 g/mol. The minimum absolute atomic E-state index is 0.0870. The van der Waals surface area contributed by atoms with Crippen LogP contribution in [0.4, 0.5) is 0 Å². The largest absolute Gasteiger partial charge is 0.463 e. The summed E-state index contributed by atoms with van der Waals surface area (Å²) in [6.45, 7) is 1.68. The lowest BCUT2D eigenvalue weighted by molar-refractivity contribution is 0.0794. The lowest BCUT2D eigenvalue weighted by Gasteiger charge is -2.17. The number of hydrogen-bond acceptors (Lipinski definition) is 3. The topological polar surface area (TPSA) is 46.3 Å². The van der Waals surface area contributed by atoms with Gasteiger partial charge in [-0.2, -0.15) is 0 Å². The van der Waals surface area contributed by atoms with E-state index in [1.54, 1.807) is 6.26 Å². The summed E-state index contributed by atoms with van der Waals surface area (Å²) in [7, 11) is 0. The van der Waals surface area contributed by atoms with Crippen LogP contribution in [0, 0.1) is 0 Å². The van der Waals surface area contributed by atoms with Crippen LogP contribution in [0.2, 0.25) is 0 Å². The second-order valence-corrected chi connectivity index (χ2v) is 5.55. The lowest BCUT2D eigenvalue weighted by Crippen LogP contribution is -2.27. The van der Waals surface area contributed by atoms with Gasteiger partial charge in [0, 0.05) is 18.5 Å². The van der Waals surface area contributed by atoms with Crippen molar-refractivity contribution >= 4 is 16.8 Å². The molecular weight excluding hydrogens is 276 g/mol. The maximum atomic E-state index is 12.9. The minimum Gasteiger partial charge on any atom is -0.463 e. The van der Waals surface area contributed by atoms with E-state index in [4.69, 9.17) is 4.42 Å². The summed E-state index contributed by atoms with van der Waals surface area (Å²) in [4.78, 5) is 19.4. The van der Waals surface area contributed by atoms with Crippen molar-refractivity contribution in [2.24, 2.45) is 0 Å². The van der Waals surface area contributed by atoms with Gasteiger partial charge in [0.1, 0.15) is 5.69 Å². The van der Waals surface area contributed by atoms with E-state index >= 15 is 0 Å². The van der Waals surface area contributed by atoms with Crippen molar-refractivity contribution in [2.75, 3.05) is 13.1 Å². The number of carbonyl (C=O) groups is 1. The number of benzene rings is 1. The Kier molecular flexibility index (Phi) is 3.15. The Labute approximate surface area is 128 Å². The Hall–Kier alpha value is -2.62. The molecule has 4 nitrogen and oxygen atoms in total. The highest BCUT2D eigenvalue weighted by Crippen LogP contribution is 2.26. The van der Waals surface area contributed by atoms with Crippen LogP contribution in [0.5, 0.6) is 0 Å². The van der Waals surface area contributed by atoms with Crippen LogP contribution in [-0.4, -0.2) is 28.9 Å². The first-order valence-electron chi connectivity index (χ1n) is 7.56. The first kappa shape index (κ1) is 13.1. The predicted octanol–water partition coefficient (Wildman–Crippen LogP) is 3.73. The van der Waals surface area contributed by atoms with Gasteiger partial charge >= 0.3 is 0 Å². The van der Waals surface area contributed by atoms with E-state index in [0.717, 1.165) is 36.8 Å². The zero-order valence-electron chi connectivity index (χ0n) is 12.2. The van der Waals surface area contributed by atoms with E-state index in [1.807, 2.05) is 47.4 Å². The quantitative estimate of drug-likeness (QED) is 0.723. The summed E-state index contributed by atoms with van der Waals surface area (Å²) < 4.78 is 5.44. The number of likely N-dealkylation sites (tertiary alicyclic amines) is 1. The minimum atomic E-state index is 0.0870. The zero-order valence-corrected chi connectivity index (χ0v) is 12.2. The Morgan fingerprint density at radius 1 is 1.09 bits per heavy atom. The van der Waals surface area contributed by atoms with Gasteiger partial charge in [0.25, 0.3) is 5.91 Å². The van der Waals surface area contributed by atoms with Crippen molar-refractivity contribution in [3.8, 4) is 11.5 Å². The standard InChI is InChI=1S/C18H16N2O2/c21-18(20-9-3-4-10-20)14-12-16(17-8-5-11-22-17)19-15-7-2-1-6-13(14)15/h1-2,5-8,11-12H,3-4,9-10H2. The van der Waals surface area contributed by atoms with E-state index < -0.39 is 0 Å². The number of amides is 1. The number of para-hydroxylation sites is 1. The molecule has 1 amide bonds. The van der Waals surface area contributed by atoms with E-state index in [9.17, 15) is 4.79 Å². The fraction of sp³-hybridized carbons (Fsp3) is 0.222. The molecule has 1 fully saturated rings. The number of rotatable bonds is 2. The Bertz CT molecular complexity index is 818. The number of pyridine rings is 1. The molecule has 4 rings (SSSR count). The normalized spacial score (nSPS) is 14.6. The maximum Gasteiger partial charge on any atom is 0.254 e. The summed E-state index contributed by atoms with van der Waals surface area (Å²) in [5, 5.41) is 0.898. The number of hydrogen-bond donors (Lipinski definition) is 0. The highest BCUT2D eigenvalue weighted by molar-refractivity contribution is 6.07. The van der Waals surface area contributed by atoms with Crippen LogP contribution >= 0.6 is 0 Å². The van der Waals surface area contributed by atoms with Gasteiger partial charge in [-0.25, -0.2) is 4.98 Å². The van der Waals surface area contributed by atoms with Crippen LogP contribution in [0.3, 0.4) is 0 Å². The molecule has 0 atom stereocenters. The van der Waals surface area contributed by atoms with Gasteiger partial charge in [0.2, 0.25) is 0 Å².